The maximum Gasteiger partial charge on any atom is 0.322 e. The summed E-state index contributed by atoms with van der Waals surface area (Å²) in [6.45, 7) is 4.72. The monoisotopic (exact) mass is 337 g/mol. The highest BCUT2D eigenvalue weighted by molar-refractivity contribution is 5.94. The summed E-state index contributed by atoms with van der Waals surface area (Å²) in [6, 6.07) is 16.4. The summed E-state index contributed by atoms with van der Waals surface area (Å²) in [6.07, 6.45) is 0.909. The largest absolute Gasteiger partial charge is 0.378 e. The van der Waals surface area contributed by atoms with Gasteiger partial charge in [-0.2, -0.15) is 0 Å². The van der Waals surface area contributed by atoms with E-state index in [9.17, 15) is 4.79 Å². The zero-order valence-corrected chi connectivity index (χ0v) is 14.3. The Morgan fingerprint density at radius 2 is 1.84 bits per heavy atom. The maximum absolute atomic E-state index is 12.6. The van der Waals surface area contributed by atoms with E-state index in [0.717, 1.165) is 50.5 Å². The van der Waals surface area contributed by atoms with Gasteiger partial charge in [-0.05, 0) is 35.7 Å². The lowest BCUT2D eigenvalue weighted by atomic mass is 10.1. The van der Waals surface area contributed by atoms with Gasteiger partial charge >= 0.3 is 6.03 Å². The van der Waals surface area contributed by atoms with Crippen molar-refractivity contribution in [3.63, 3.8) is 0 Å². The highest BCUT2D eigenvalue weighted by Crippen LogP contribution is 2.32. The van der Waals surface area contributed by atoms with E-state index < -0.39 is 0 Å². The molecule has 2 amide bonds. The van der Waals surface area contributed by atoms with Gasteiger partial charge in [0, 0.05) is 37.6 Å². The van der Waals surface area contributed by atoms with Crippen molar-refractivity contribution >= 4 is 17.4 Å². The second-order valence-electron chi connectivity index (χ2n) is 6.46. The van der Waals surface area contributed by atoms with Crippen LogP contribution in [0, 0.1) is 0 Å². The molecule has 0 aliphatic carbocycles. The molecule has 2 heterocycles. The standard InChI is InChI=1S/C20H23N3O2/c24-20(21-15-16-4-2-1-3-5-16)23-9-8-17-14-18(6-7-19(17)23)22-10-12-25-13-11-22/h1-7,14H,8-13,15H2,(H,21,24). The van der Waals surface area contributed by atoms with E-state index >= 15 is 0 Å². The van der Waals surface area contributed by atoms with Gasteiger partial charge < -0.3 is 15.0 Å². The molecule has 0 spiro atoms. The Hall–Kier alpha value is -2.53. The molecule has 2 aliphatic heterocycles. The molecular weight excluding hydrogens is 314 g/mol. The SMILES string of the molecule is O=C(NCc1ccccc1)N1CCc2cc(N3CCOCC3)ccc21. The fourth-order valence-electron chi connectivity index (χ4n) is 3.49. The third kappa shape index (κ3) is 3.46. The van der Waals surface area contributed by atoms with E-state index in [1.807, 2.05) is 35.2 Å². The Labute approximate surface area is 148 Å². The van der Waals surface area contributed by atoms with E-state index in [2.05, 4.69) is 28.4 Å². The van der Waals surface area contributed by atoms with Gasteiger partial charge in [-0.25, -0.2) is 4.79 Å². The van der Waals surface area contributed by atoms with Crippen LogP contribution in [0.1, 0.15) is 11.1 Å². The van der Waals surface area contributed by atoms with Gasteiger partial charge in [0.1, 0.15) is 0 Å². The number of anilines is 2. The lowest BCUT2D eigenvalue weighted by Gasteiger charge is -2.29. The van der Waals surface area contributed by atoms with Crippen LogP contribution >= 0.6 is 0 Å². The van der Waals surface area contributed by atoms with Crippen LogP contribution in [0.5, 0.6) is 0 Å². The Balaban J connectivity index is 1.43. The number of morpholine rings is 1. The first-order valence-electron chi connectivity index (χ1n) is 8.86. The molecule has 5 heteroatoms. The number of amides is 2. The Kier molecular flexibility index (Phi) is 4.57. The average molecular weight is 337 g/mol. The number of nitrogens with one attached hydrogen (secondary N) is 1. The van der Waals surface area contributed by atoms with Gasteiger partial charge in [-0.3, -0.25) is 4.90 Å². The summed E-state index contributed by atoms with van der Waals surface area (Å²) < 4.78 is 5.42. The summed E-state index contributed by atoms with van der Waals surface area (Å²) in [5.41, 5.74) is 4.62. The van der Waals surface area contributed by atoms with Crippen molar-refractivity contribution in [2.24, 2.45) is 0 Å². The van der Waals surface area contributed by atoms with E-state index in [1.165, 1.54) is 11.3 Å². The van der Waals surface area contributed by atoms with E-state index in [1.54, 1.807) is 0 Å². The van der Waals surface area contributed by atoms with Gasteiger partial charge in [0.05, 0.1) is 13.2 Å². The number of carbonyl (C=O) groups is 1. The second-order valence-corrected chi connectivity index (χ2v) is 6.46. The quantitative estimate of drug-likeness (QED) is 0.937. The molecule has 130 valence electrons. The fraction of sp³-hybridized carbons (Fsp3) is 0.350. The molecule has 0 bridgehead atoms. The molecular formula is C20H23N3O2. The summed E-state index contributed by atoms with van der Waals surface area (Å²) >= 11 is 0. The van der Waals surface area contributed by atoms with Crippen molar-refractivity contribution in [2.75, 3.05) is 42.6 Å². The molecule has 1 N–H and O–H groups in total. The Bertz CT molecular complexity index is 742. The topological polar surface area (TPSA) is 44.8 Å². The summed E-state index contributed by atoms with van der Waals surface area (Å²) in [4.78, 5) is 16.8. The minimum absolute atomic E-state index is 0.0262. The lowest BCUT2D eigenvalue weighted by molar-refractivity contribution is 0.122. The molecule has 0 atom stereocenters. The van der Waals surface area contributed by atoms with Crippen LogP contribution in [-0.2, 0) is 17.7 Å². The van der Waals surface area contributed by atoms with Crippen molar-refractivity contribution in [1.29, 1.82) is 0 Å². The first-order valence-corrected chi connectivity index (χ1v) is 8.86. The predicted octanol–water partition coefficient (Wildman–Crippen LogP) is 2.80. The molecule has 0 unspecified atom stereocenters. The Morgan fingerprint density at radius 1 is 1.04 bits per heavy atom. The number of rotatable bonds is 3. The number of fused-ring (bicyclic) bond motifs is 1. The fourth-order valence-corrected chi connectivity index (χ4v) is 3.49. The molecule has 5 nitrogen and oxygen atoms in total. The van der Waals surface area contributed by atoms with Gasteiger partial charge in [-0.1, -0.05) is 30.3 Å². The molecule has 0 saturated carbocycles. The molecule has 2 aromatic carbocycles. The smallest absolute Gasteiger partial charge is 0.322 e. The van der Waals surface area contributed by atoms with E-state index in [4.69, 9.17) is 4.74 Å². The third-order valence-corrected chi connectivity index (χ3v) is 4.87. The van der Waals surface area contributed by atoms with Crippen molar-refractivity contribution in [2.45, 2.75) is 13.0 Å². The van der Waals surface area contributed by atoms with Gasteiger partial charge in [-0.15, -0.1) is 0 Å². The van der Waals surface area contributed by atoms with Crippen LogP contribution in [-0.4, -0.2) is 38.9 Å². The molecule has 1 fully saturated rings. The van der Waals surface area contributed by atoms with Gasteiger partial charge in [0.25, 0.3) is 0 Å². The number of hydrogen-bond acceptors (Lipinski definition) is 3. The predicted molar refractivity (Wildman–Crippen MR) is 99.2 cm³/mol. The van der Waals surface area contributed by atoms with Crippen LogP contribution in [0.15, 0.2) is 48.5 Å². The van der Waals surface area contributed by atoms with Gasteiger partial charge in [0.2, 0.25) is 0 Å². The van der Waals surface area contributed by atoms with Gasteiger partial charge in [0.15, 0.2) is 0 Å². The maximum atomic E-state index is 12.6. The summed E-state index contributed by atoms with van der Waals surface area (Å²) in [5.74, 6) is 0. The molecule has 25 heavy (non-hydrogen) atoms. The molecule has 0 radical (unpaired) electrons. The minimum Gasteiger partial charge on any atom is -0.378 e. The number of hydrogen-bond donors (Lipinski definition) is 1. The number of urea groups is 1. The molecule has 1 saturated heterocycles. The minimum atomic E-state index is -0.0262. The third-order valence-electron chi connectivity index (χ3n) is 4.87. The average Bonchev–Trinajstić information content (AvgIpc) is 3.11. The van der Waals surface area contributed by atoms with Crippen LogP contribution in [0.25, 0.3) is 0 Å². The van der Waals surface area contributed by atoms with Crippen LogP contribution in [0.3, 0.4) is 0 Å². The van der Waals surface area contributed by atoms with Crippen LogP contribution < -0.4 is 15.1 Å². The van der Waals surface area contributed by atoms with E-state index in [0.29, 0.717) is 6.54 Å². The lowest BCUT2D eigenvalue weighted by Crippen LogP contribution is -2.38. The zero-order valence-electron chi connectivity index (χ0n) is 14.3. The zero-order chi connectivity index (χ0) is 17.1. The summed E-state index contributed by atoms with van der Waals surface area (Å²) in [5, 5.41) is 3.02. The highest BCUT2D eigenvalue weighted by atomic mass is 16.5. The number of ether oxygens (including phenoxy) is 1. The molecule has 2 aromatic rings. The normalized spacial score (nSPS) is 16.6. The summed E-state index contributed by atoms with van der Waals surface area (Å²) in [7, 11) is 0. The van der Waals surface area contributed by atoms with E-state index in [-0.39, 0.29) is 6.03 Å². The van der Waals surface area contributed by atoms with Crippen molar-refractivity contribution in [3.8, 4) is 0 Å². The highest BCUT2D eigenvalue weighted by Gasteiger charge is 2.25. The first kappa shape index (κ1) is 16.0. The first-order chi connectivity index (χ1) is 12.3. The molecule has 0 aromatic heterocycles. The number of benzene rings is 2. The Morgan fingerprint density at radius 3 is 2.64 bits per heavy atom. The van der Waals surface area contributed by atoms with Crippen molar-refractivity contribution < 1.29 is 9.53 Å². The molecule has 4 rings (SSSR count). The second kappa shape index (κ2) is 7.15. The molecule has 2 aliphatic rings. The van der Waals surface area contributed by atoms with Crippen LogP contribution in [0.4, 0.5) is 16.2 Å². The number of nitrogens with zero attached hydrogens (tertiary/aromatic N) is 2. The van der Waals surface area contributed by atoms with Crippen molar-refractivity contribution in [1.82, 2.24) is 5.32 Å². The van der Waals surface area contributed by atoms with Crippen molar-refractivity contribution in [3.05, 3.63) is 59.7 Å². The van der Waals surface area contributed by atoms with Crippen LogP contribution in [0.2, 0.25) is 0 Å². The number of carbonyl (C=O) groups excluding carboxylic acids is 1.